The van der Waals surface area contributed by atoms with Crippen LogP contribution in [0.15, 0.2) is 0 Å². The molecular formula is C5H12KNO. The summed E-state index contributed by atoms with van der Waals surface area (Å²) in [5.41, 5.74) is 0. The van der Waals surface area contributed by atoms with Crippen molar-refractivity contribution in [1.82, 2.24) is 4.90 Å². The zero-order valence-electron chi connectivity index (χ0n) is 6.68. The van der Waals surface area contributed by atoms with Crippen molar-refractivity contribution in [3.63, 3.8) is 0 Å². The van der Waals surface area contributed by atoms with E-state index in [1.807, 2.05) is 0 Å². The van der Waals surface area contributed by atoms with E-state index >= 15 is 0 Å². The molecule has 0 bridgehead atoms. The summed E-state index contributed by atoms with van der Waals surface area (Å²) >= 11 is 0. The molecule has 8 heavy (non-hydrogen) atoms. The van der Waals surface area contributed by atoms with Crippen LogP contribution in [-0.2, 0) is 4.74 Å². The molecule has 2 nitrogen and oxygen atoms in total. The molecule has 0 aromatic carbocycles. The molecule has 0 aromatic heterocycles. The number of morpholine rings is 1. The van der Waals surface area contributed by atoms with E-state index in [4.69, 9.17) is 4.74 Å². The smallest absolute Gasteiger partial charge is 1.00 e. The van der Waals surface area contributed by atoms with E-state index < -0.39 is 0 Å². The molecule has 0 unspecified atom stereocenters. The summed E-state index contributed by atoms with van der Waals surface area (Å²) in [6.07, 6.45) is 0. The maximum Gasteiger partial charge on any atom is 1.00 e. The Balaban J connectivity index is 0. The van der Waals surface area contributed by atoms with Crippen molar-refractivity contribution in [2.45, 2.75) is 0 Å². The zero-order chi connectivity index (χ0) is 5.11. The second-order valence-electron chi connectivity index (χ2n) is 1.92. The first kappa shape index (κ1) is 9.56. The molecule has 1 aliphatic rings. The largest absolute Gasteiger partial charge is 1.00 e. The third-order valence-corrected chi connectivity index (χ3v) is 1.23. The van der Waals surface area contributed by atoms with Gasteiger partial charge in [-0.1, -0.05) is 0 Å². The van der Waals surface area contributed by atoms with Crippen molar-refractivity contribution < 1.29 is 57.5 Å². The Labute approximate surface area is 94.5 Å². The van der Waals surface area contributed by atoms with Gasteiger partial charge in [-0.25, -0.2) is 0 Å². The van der Waals surface area contributed by atoms with Crippen molar-refractivity contribution in [1.29, 1.82) is 0 Å². The normalized spacial score (nSPS) is 22.1. The summed E-state index contributed by atoms with van der Waals surface area (Å²) in [6, 6.07) is 0. The number of hydrogen-bond acceptors (Lipinski definition) is 2. The van der Waals surface area contributed by atoms with Crippen molar-refractivity contribution in [3.8, 4) is 0 Å². The molecule has 1 aliphatic heterocycles. The molecule has 0 aliphatic carbocycles. The number of rotatable bonds is 0. The van der Waals surface area contributed by atoms with E-state index in [-0.39, 0.29) is 52.8 Å². The molecular weight excluding hydrogens is 129 g/mol. The second-order valence-corrected chi connectivity index (χ2v) is 1.92. The third-order valence-electron chi connectivity index (χ3n) is 1.23. The van der Waals surface area contributed by atoms with Gasteiger partial charge in [0.15, 0.2) is 0 Å². The van der Waals surface area contributed by atoms with E-state index in [9.17, 15) is 0 Å². The molecule has 0 radical (unpaired) electrons. The summed E-state index contributed by atoms with van der Waals surface area (Å²) in [5.74, 6) is 0. The van der Waals surface area contributed by atoms with Crippen LogP contribution < -0.4 is 51.4 Å². The monoisotopic (exact) mass is 141 g/mol. The fourth-order valence-corrected chi connectivity index (χ4v) is 0.655. The number of hydrogen-bond donors (Lipinski definition) is 0. The van der Waals surface area contributed by atoms with Gasteiger partial charge in [-0.05, 0) is 7.05 Å². The van der Waals surface area contributed by atoms with Crippen LogP contribution in [-0.4, -0.2) is 38.3 Å². The predicted octanol–water partition coefficient (Wildman–Crippen LogP) is -2.94. The Morgan fingerprint density at radius 3 is 2.12 bits per heavy atom. The average molecular weight is 141 g/mol. The maximum absolute atomic E-state index is 5.10. The van der Waals surface area contributed by atoms with Crippen molar-refractivity contribution in [2.75, 3.05) is 33.4 Å². The van der Waals surface area contributed by atoms with Gasteiger partial charge in [0, 0.05) is 13.1 Å². The first-order chi connectivity index (χ1) is 3.39. The minimum atomic E-state index is 0. The van der Waals surface area contributed by atoms with Crippen LogP contribution in [0.2, 0.25) is 0 Å². The molecule has 1 rings (SSSR count). The van der Waals surface area contributed by atoms with Gasteiger partial charge in [-0.2, -0.15) is 0 Å². The molecule has 0 atom stereocenters. The first-order valence-electron chi connectivity index (χ1n) is 2.66. The minimum Gasteiger partial charge on any atom is -1.00 e. The first-order valence-corrected chi connectivity index (χ1v) is 2.66. The molecule has 0 amide bonds. The fourth-order valence-electron chi connectivity index (χ4n) is 0.655. The van der Waals surface area contributed by atoms with Gasteiger partial charge in [0.1, 0.15) is 0 Å². The zero-order valence-corrected chi connectivity index (χ0v) is 8.81. The number of likely N-dealkylation sites (N-methyl/N-ethyl adjacent to an activating group) is 1. The number of nitrogens with zero attached hydrogens (tertiary/aromatic N) is 1. The Hall–Kier alpha value is 1.56. The SMILES string of the molecule is CN1CCOCC1.[H-].[K+]. The number of ether oxygens (including phenoxy) is 1. The average Bonchev–Trinajstić information content (AvgIpc) is 1.69. The summed E-state index contributed by atoms with van der Waals surface area (Å²) in [6.45, 7) is 4.02. The molecule has 3 heteroatoms. The van der Waals surface area contributed by atoms with Gasteiger partial charge < -0.3 is 11.1 Å². The van der Waals surface area contributed by atoms with E-state index in [1.165, 1.54) is 0 Å². The molecule has 44 valence electrons. The van der Waals surface area contributed by atoms with Gasteiger partial charge in [-0.15, -0.1) is 0 Å². The van der Waals surface area contributed by atoms with E-state index in [0.717, 1.165) is 26.3 Å². The van der Waals surface area contributed by atoms with Crippen LogP contribution in [0, 0.1) is 0 Å². The molecule has 0 N–H and O–H groups in total. The van der Waals surface area contributed by atoms with E-state index in [2.05, 4.69) is 11.9 Å². The Bertz CT molecular complexity index is 58.9. The van der Waals surface area contributed by atoms with Crippen LogP contribution in [0.4, 0.5) is 0 Å². The maximum atomic E-state index is 5.10. The fraction of sp³-hybridized carbons (Fsp3) is 1.00. The second kappa shape index (κ2) is 5.35. The van der Waals surface area contributed by atoms with Crippen molar-refractivity contribution in [2.24, 2.45) is 0 Å². The Morgan fingerprint density at radius 1 is 1.38 bits per heavy atom. The van der Waals surface area contributed by atoms with Crippen LogP contribution in [0.3, 0.4) is 0 Å². The van der Waals surface area contributed by atoms with Gasteiger partial charge >= 0.3 is 51.4 Å². The Morgan fingerprint density at radius 2 is 1.88 bits per heavy atom. The molecule has 0 spiro atoms. The third kappa shape index (κ3) is 3.56. The summed E-state index contributed by atoms with van der Waals surface area (Å²) in [7, 11) is 2.11. The van der Waals surface area contributed by atoms with Crippen LogP contribution in [0.25, 0.3) is 0 Å². The van der Waals surface area contributed by atoms with Crippen LogP contribution in [0.5, 0.6) is 0 Å². The molecule has 1 fully saturated rings. The molecule has 0 saturated carbocycles. The van der Waals surface area contributed by atoms with Crippen LogP contribution >= 0.6 is 0 Å². The molecule has 1 saturated heterocycles. The topological polar surface area (TPSA) is 12.5 Å². The molecule has 0 aromatic rings. The predicted molar refractivity (Wildman–Crippen MR) is 29.4 cm³/mol. The van der Waals surface area contributed by atoms with Gasteiger partial charge in [-0.3, -0.25) is 0 Å². The van der Waals surface area contributed by atoms with Gasteiger partial charge in [0.2, 0.25) is 0 Å². The summed E-state index contributed by atoms with van der Waals surface area (Å²) in [4.78, 5) is 2.27. The summed E-state index contributed by atoms with van der Waals surface area (Å²) < 4.78 is 5.10. The standard InChI is InChI=1S/C5H11NO.K.H/c1-6-2-4-7-5-3-6;;/h2-5H2,1H3;;/q;+1;-1. The Kier molecular flexibility index (Phi) is 6.39. The van der Waals surface area contributed by atoms with Crippen LogP contribution in [0.1, 0.15) is 1.43 Å². The van der Waals surface area contributed by atoms with E-state index in [0.29, 0.717) is 0 Å². The minimum absolute atomic E-state index is 0. The van der Waals surface area contributed by atoms with Crippen molar-refractivity contribution in [3.05, 3.63) is 0 Å². The van der Waals surface area contributed by atoms with E-state index in [1.54, 1.807) is 0 Å². The quantitative estimate of drug-likeness (QED) is 0.335. The summed E-state index contributed by atoms with van der Waals surface area (Å²) in [5, 5.41) is 0. The molecule has 1 heterocycles. The van der Waals surface area contributed by atoms with Gasteiger partial charge in [0.05, 0.1) is 13.2 Å². The van der Waals surface area contributed by atoms with Gasteiger partial charge in [0.25, 0.3) is 0 Å². The van der Waals surface area contributed by atoms with Crippen molar-refractivity contribution >= 4 is 0 Å².